The van der Waals surface area contributed by atoms with Crippen LogP contribution in [0.5, 0.6) is 0 Å². The Hall–Kier alpha value is -1.96. The molecule has 0 unspecified atom stereocenters. The zero-order valence-electron chi connectivity index (χ0n) is 12.1. The van der Waals surface area contributed by atoms with Crippen LogP contribution in [0.2, 0.25) is 0 Å². The van der Waals surface area contributed by atoms with Gasteiger partial charge in [-0.15, -0.1) is 0 Å². The Morgan fingerprint density at radius 3 is 2.50 bits per heavy atom. The van der Waals surface area contributed by atoms with E-state index in [1.54, 1.807) is 0 Å². The molecule has 0 saturated heterocycles. The molecule has 2 nitrogen and oxygen atoms in total. The fourth-order valence-corrected chi connectivity index (χ4v) is 3.49. The molecule has 0 spiro atoms. The number of rotatable bonds is 1. The Morgan fingerprint density at radius 1 is 0.950 bits per heavy atom. The van der Waals surface area contributed by atoms with Gasteiger partial charge in [-0.2, -0.15) is 0 Å². The van der Waals surface area contributed by atoms with Crippen molar-refractivity contribution in [1.29, 1.82) is 0 Å². The van der Waals surface area contributed by atoms with Crippen molar-refractivity contribution >= 4 is 11.0 Å². The van der Waals surface area contributed by atoms with Crippen LogP contribution in [0.1, 0.15) is 35.6 Å². The summed E-state index contributed by atoms with van der Waals surface area (Å²) >= 11 is 0. The molecule has 0 fully saturated rings. The van der Waals surface area contributed by atoms with Crippen LogP contribution in [0.4, 0.5) is 0 Å². The molecule has 3 aromatic rings. The van der Waals surface area contributed by atoms with E-state index in [-0.39, 0.29) is 0 Å². The van der Waals surface area contributed by atoms with Crippen molar-refractivity contribution in [3.8, 4) is 5.69 Å². The van der Waals surface area contributed by atoms with Gasteiger partial charge in [0, 0.05) is 28.8 Å². The lowest BCUT2D eigenvalue weighted by Gasteiger charge is -2.10. The van der Waals surface area contributed by atoms with E-state index in [0.29, 0.717) is 0 Å². The molecule has 20 heavy (non-hydrogen) atoms. The first-order chi connectivity index (χ1) is 9.75. The van der Waals surface area contributed by atoms with Crippen LogP contribution in [-0.2, 0) is 12.8 Å². The number of furan rings is 1. The average Bonchev–Trinajstić information content (AvgIpc) is 3.00. The van der Waals surface area contributed by atoms with Crippen molar-refractivity contribution in [3.63, 3.8) is 0 Å². The van der Waals surface area contributed by atoms with E-state index in [0.717, 1.165) is 18.4 Å². The molecule has 1 aromatic carbocycles. The van der Waals surface area contributed by atoms with E-state index in [4.69, 9.17) is 4.42 Å². The normalized spacial score (nSPS) is 14.7. The Balaban J connectivity index is 2.04. The van der Waals surface area contributed by atoms with Crippen LogP contribution in [0, 0.1) is 13.8 Å². The van der Waals surface area contributed by atoms with E-state index in [9.17, 15) is 0 Å². The number of hydrogen-bond donors (Lipinski definition) is 0. The summed E-state index contributed by atoms with van der Waals surface area (Å²) in [6.07, 6.45) is 4.79. The quantitative estimate of drug-likeness (QED) is 0.622. The van der Waals surface area contributed by atoms with Gasteiger partial charge in [-0.25, -0.2) is 0 Å². The maximum atomic E-state index is 6.23. The topological polar surface area (TPSA) is 18.1 Å². The van der Waals surface area contributed by atoms with E-state index in [1.165, 1.54) is 46.6 Å². The minimum atomic E-state index is 1.06. The fourth-order valence-electron chi connectivity index (χ4n) is 3.49. The van der Waals surface area contributed by atoms with E-state index in [2.05, 4.69) is 48.7 Å². The second-order valence-corrected chi connectivity index (χ2v) is 5.82. The highest BCUT2D eigenvalue weighted by molar-refractivity contribution is 5.89. The Kier molecular flexibility index (Phi) is 2.53. The van der Waals surface area contributed by atoms with Crippen molar-refractivity contribution in [1.82, 2.24) is 4.57 Å². The lowest BCUT2D eigenvalue weighted by molar-refractivity contribution is 0.505. The summed E-state index contributed by atoms with van der Waals surface area (Å²) in [6, 6.07) is 10.9. The number of fused-ring (bicyclic) bond motifs is 3. The average molecular weight is 265 g/mol. The molecule has 1 aliphatic carbocycles. The van der Waals surface area contributed by atoms with Crippen LogP contribution < -0.4 is 0 Å². The molecule has 0 saturated carbocycles. The van der Waals surface area contributed by atoms with Gasteiger partial charge in [0.15, 0.2) is 5.58 Å². The van der Waals surface area contributed by atoms with Gasteiger partial charge in [0.25, 0.3) is 0 Å². The molecule has 0 amide bonds. The lowest BCUT2D eigenvalue weighted by Crippen LogP contribution is -1.99. The van der Waals surface area contributed by atoms with E-state index in [1.807, 2.05) is 0 Å². The third-order valence-corrected chi connectivity index (χ3v) is 4.47. The van der Waals surface area contributed by atoms with Gasteiger partial charge in [-0.05, 0) is 51.3 Å². The van der Waals surface area contributed by atoms with Crippen LogP contribution in [-0.4, -0.2) is 4.57 Å². The first-order valence-corrected chi connectivity index (χ1v) is 7.44. The molecule has 0 aliphatic heterocycles. The van der Waals surface area contributed by atoms with Crippen molar-refractivity contribution in [3.05, 3.63) is 53.0 Å². The summed E-state index contributed by atoms with van der Waals surface area (Å²) in [5.74, 6) is 1.21. The second-order valence-electron chi connectivity index (χ2n) is 5.82. The largest absolute Gasteiger partial charge is 0.459 e. The van der Waals surface area contributed by atoms with Gasteiger partial charge < -0.3 is 8.98 Å². The third-order valence-electron chi connectivity index (χ3n) is 4.47. The van der Waals surface area contributed by atoms with Gasteiger partial charge in [0.05, 0.1) is 5.69 Å². The number of hydrogen-bond acceptors (Lipinski definition) is 1. The SMILES string of the molecule is Cc1ccc(C)n1-c1cccc2c3c(oc12)CCCC3. The molecular formula is C18H19NO. The van der Waals surface area contributed by atoms with Crippen molar-refractivity contribution in [2.45, 2.75) is 39.5 Å². The van der Waals surface area contributed by atoms with Gasteiger partial charge in [-0.1, -0.05) is 12.1 Å². The van der Waals surface area contributed by atoms with Gasteiger partial charge in [-0.3, -0.25) is 0 Å². The molecule has 2 heteroatoms. The summed E-state index contributed by atoms with van der Waals surface area (Å²) in [4.78, 5) is 0. The Bertz CT molecular complexity index is 772. The molecule has 0 radical (unpaired) electrons. The second kappa shape index (κ2) is 4.27. The highest BCUT2D eigenvalue weighted by Gasteiger charge is 2.20. The zero-order valence-corrected chi connectivity index (χ0v) is 12.1. The first-order valence-electron chi connectivity index (χ1n) is 7.44. The Morgan fingerprint density at radius 2 is 1.70 bits per heavy atom. The van der Waals surface area contributed by atoms with Gasteiger partial charge in [0.2, 0.25) is 0 Å². The fraction of sp³-hybridized carbons (Fsp3) is 0.333. The molecule has 4 rings (SSSR count). The monoisotopic (exact) mass is 265 g/mol. The number of aromatic nitrogens is 1. The van der Waals surface area contributed by atoms with Gasteiger partial charge >= 0.3 is 0 Å². The van der Waals surface area contributed by atoms with Crippen molar-refractivity contribution in [2.24, 2.45) is 0 Å². The molecule has 1 aliphatic rings. The molecule has 0 bridgehead atoms. The lowest BCUT2D eigenvalue weighted by atomic mass is 9.96. The number of benzene rings is 1. The maximum Gasteiger partial charge on any atom is 0.158 e. The molecular weight excluding hydrogens is 246 g/mol. The summed E-state index contributed by atoms with van der Waals surface area (Å²) in [7, 11) is 0. The summed E-state index contributed by atoms with van der Waals surface area (Å²) in [5.41, 5.74) is 6.18. The van der Waals surface area contributed by atoms with Gasteiger partial charge in [0.1, 0.15) is 5.76 Å². The van der Waals surface area contributed by atoms with Crippen LogP contribution in [0.15, 0.2) is 34.7 Å². The molecule has 2 heterocycles. The van der Waals surface area contributed by atoms with Crippen LogP contribution in [0.25, 0.3) is 16.7 Å². The predicted molar refractivity (Wildman–Crippen MR) is 81.7 cm³/mol. The smallest absolute Gasteiger partial charge is 0.158 e. The molecule has 102 valence electrons. The van der Waals surface area contributed by atoms with Crippen LogP contribution >= 0.6 is 0 Å². The number of para-hydroxylation sites is 1. The van der Waals surface area contributed by atoms with E-state index >= 15 is 0 Å². The third kappa shape index (κ3) is 1.57. The molecule has 0 N–H and O–H groups in total. The zero-order chi connectivity index (χ0) is 13.7. The van der Waals surface area contributed by atoms with Crippen LogP contribution in [0.3, 0.4) is 0 Å². The van der Waals surface area contributed by atoms with E-state index < -0.39 is 0 Å². The standard InChI is InChI=1S/C18H19NO/c1-12-10-11-13(2)19(12)16-8-5-7-15-14-6-3-4-9-17(14)20-18(15)16/h5,7-8,10-11H,3-4,6,9H2,1-2H3. The first kappa shape index (κ1) is 11.8. The summed E-state index contributed by atoms with van der Waals surface area (Å²) < 4.78 is 8.52. The highest BCUT2D eigenvalue weighted by Crippen LogP contribution is 2.35. The predicted octanol–water partition coefficient (Wildman–Crippen LogP) is 4.72. The molecule has 0 atom stereocenters. The summed E-state index contributed by atoms with van der Waals surface area (Å²) in [6.45, 7) is 4.30. The molecule has 2 aromatic heterocycles. The van der Waals surface area contributed by atoms with Crippen molar-refractivity contribution < 1.29 is 4.42 Å². The maximum absolute atomic E-state index is 6.23. The minimum absolute atomic E-state index is 1.06. The number of aryl methyl sites for hydroxylation is 4. The minimum Gasteiger partial charge on any atom is -0.459 e. The summed E-state index contributed by atoms with van der Waals surface area (Å²) in [5, 5.41) is 1.31. The number of nitrogens with zero attached hydrogens (tertiary/aromatic N) is 1. The highest BCUT2D eigenvalue weighted by atomic mass is 16.3. The Labute approximate surface area is 119 Å². The van der Waals surface area contributed by atoms with Crippen molar-refractivity contribution in [2.75, 3.05) is 0 Å².